The molecule has 2 rings (SSSR count). The van der Waals surface area contributed by atoms with Crippen molar-refractivity contribution in [1.29, 1.82) is 0 Å². The van der Waals surface area contributed by atoms with Crippen LogP contribution in [0, 0.1) is 5.92 Å². The molecule has 3 nitrogen and oxygen atoms in total. The third-order valence-corrected chi connectivity index (χ3v) is 3.04. The maximum Gasteiger partial charge on any atom is 0.115 e. The van der Waals surface area contributed by atoms with Gasteiger partial charge >= 0.3 is 0 Å². The second-order valence-corrected chi connectivity index (χ2v) is 4.14. The largest absolute Gasteiger partial charge is 0.310 e. The molecule has 0 aromatic carbocycles. The first-order valence-corrected chi connectivity index (χ1v) is 5.33. The molecule has 76 valence electrons. The van der Waals surface area contributed by atoms with Crippen LogP contribution in [0.1, 0.15) is 31.7 Å². The lowest BCUT2D eigenvalue weighted by Crippen LogP contribution is -2.30. The van der Waals surface area contributed by atoms with Crippen LogP contribution < -0.4 is 5.32 Å². The van der Waals surface area contributed by atoms with Gasteiger partial charge in [-0.05, 0) is 18.8 Å². The summed E-state index contributed by atoms with van der Waals surface area (Å²) in [5, 5.41) is 3.57. The van der Waals surface area contributed by atoms with Crippen LogP contribution in [0.2, 0.25) is 0 Å². The zero-order chi connectivity index (χ0) is 9.80. The van der Waals surface area contributed by atoms with Crippen molar-refractivity contribution in [2.75, 3.05) is 0 Å². The van der Waals surface area contributed by atoms with Gasteiger partial charge in [0.05, 0.1) is 0 Å². The SMILES string of the molecule is CC1CCCC1NCc1cncnc1. The average Bonchev–Trinajstić information content (AvgIpc) is 2.63. The van der Waals surface area contributed by atoms with Crippen LogP contribution in [-0.2, 0) is 6.54 Å². The van der Waals surface area contributed by atoms with E-state index in [0.717, 1.165) is 12.5 Å². The quantitative estimate of drug-likeness (QED) is 0.791. The standard InChI is InChI=1S/C11H17N3/c1-9-3-2-4-11(9)14-7-10-5-12-8-13-6-10/h5-6,8-9,11,14H,2-4,7H2,1H3. The third-order valence-electron chi connectivity index (χ3n) is 3.04. The molecule has 1 aromatic heterocycles. The van der Waals surface area contributed by atoms with Gasteiger partial charge in [-0.1, -0.05) is 13.3 Å². The normalized spacial score (nSPS) is 26.6. The van der Waals surface area contributed by atoms with Crippen LogP contribution >= 0.6 is 0 Å². The van der Waals surface area contributed by atoms with Crippen LogP contribution in [0.4, 0.5) is 0 Å². The number of nitrogens with one attached hydrogen (secondary N) is 1. The Morgan fingerprint density at radius 1 is 1.36 bits per heavy atom. The summed E-state index contributed by atoms with van der Waals surface area (Å²) in [4.78, 5) is 8.00. The molecule has 0 radical (unpaired) electrons. The van der Waals surface area contributed by atoms with E-state index < -0.39 is 0 Å². The zero-order valence-corrected chi connectivity index (χ0v) is 8.61. The molecule has 1 fully saturated rings. The summed E-state index contributed by atoms with van der Waals surface area (Å²) < 4.78 is 0. The molecule has 1 aliphatic rings. The second-order valence-electron chi connectivity index (χ2n) is 4.14. The van der Waals surface area contributed by atoms with Gasteiger partial charge in [0.2, 0.25) is 0 Å². The molecule has 0 saturated heterocycles. The van der Waals surface area contributed by atoms with Gasteiger partial charge in [0.25, 0.3) is 0 Å². The molecule has 3 heteroatoms. The highest BCUT2D eigenvalue weighted by atomic mass is 14.9. The molecule has 1 saturated carbocycles. The highest BCUT2D eigenvalue weighted by Crippen LogP contribution is 2.24. The highest BCUT2D eigenvalue weighted by molar-refractivity contribution is 5.02. The van der Waals surface area contributed by atoms with Crippen LogP contribution in [-0.4, -0.2) is 16.0 Å². The van der Waals surface area contributed by atoms with E-state index in [2.05, 4.69) is 22.2 Å². The van der Waals surface area contributed by atoms with Crippen molar-refractivity contribution in [3.8, 4) is 0 Å². The predicted molar refractivity (Wildman–Crippen MR) is 55.7 cm³/mol. The van der Waals surface area contributed by atoms with Crippen molar-refractivity contribution in [3.05, 3.63) is 24.3 Å². The summed E-state index contributed by atoms with van der Waals surface area (Å²) in [5.41, 5.74) is 1.17. The summed E-state index contributed by atoms with van der Waals surface area (Å²) in [5.74, 6) is 0.819. The van der Waals surface area contributed by atoms with Gasteiger partial charge < -0.3 is 5.32 Å². The number of hydrogen-bond acceptors (Lipinski definition) is 3. The van der Waals surface area contributed by atoms with Crippen molar-refractivity contribution < 1.29 is 0 Å². The van der Waals surface area contributed by atoms with E-state index >= 15 is 0 Å². The lowest BCUT2D eigenvalue weighted by atomic mass is 10.1. The Morgan fingerprint density at radius 2 is 2.14 bits per heavy atom. The van der Waals surface area contributed by atoms with Gasteiger partial charge in [-0.25, -0.2) is 9.97 Å². The van der Waals surface area contributed by atoms with E-state index in [1.807, 2.05) is 12.4 Å². The monoisotopic (exact) mass is 191 g/mol. The van der Waals surface area contributed by atoms with E-state index in [1.54, 1.807) is 6.33 Å². The summed E-state index contributed by atoms with van der Waals surface area (Å²) >= 11 is 0. The average molecular weight is 191 g/mol. The van der Waals surface area contributed by atoms with Crippen molar-refractivity contribution in [2.24, 2.45) is 5.92 Å². The summed E-state index contributed by atoms with van der Waals surface area (Å²) in [6, 6.07) is 0.690. The lowest BCUT2D eigenvalue weighted by Gasteiger charge is -2.16. The van der Waals surface area contributed by atoms with Gasteiger partial charge in [0, 0.05) is 30.5 Å². The summed E-state index contributed by atoms with van der Waals surface area (Å²) in [7, 11) is 0. The molecular formula is C11H17N3. The molecule has 1 aliphatic carbocycles. The molecule has 2 atom stereocenters. The predicted octanol–water partition coefficient (Wildman–Crippen LogP) is 1.75. The van der Waals surface area contributed by atoms with Gasteiger partial charge in [-0.15, -0.1) is 0 Å². The first-order valence-electron chi connectivity index (χ1n) is 5.33. The molecule has 0 amide bonds. The first-order chi connectivity index (χ1) is 6.86. The van der Waals surface area contributed by atoms with Crippen LogP contribution in [0.3, 0.4) is 0 Å². The molecule has 1 N–H and O–H groups in total. The molecule has 0 spiro atoms. The number of nitrogens with zero attached hydrogens (tertiary/aromatic N) is 2. The Kier molecular flexibility index (Phi) is 3.09. The zero-order valence-electron chi connectivity index (χ0n) is 8.61. The van der Waals surface area contributed by atoms with E-state index in [9.17, 15) is 0 Å². The van der Waals surface area contributed by atoms with Crippen LogP contribution in [0.15, 0.2) is 18.7 Å². The Labute approximate surface area is 85.0 Å². The fourth-order valence-corrected chi connectivity index (χ4v) is 2.12. The minimum atomic E-state index is 0.690. The summed E-state index contributed by atoms with van der Waals surface area (Å²) in [6.07, 6.45) is 9.36. The molecule has 1 heterocycles. The Balaban J connectivity index is 1.82. The molecule has 2 unspecified atom stereocenters. The van der Waals surface area contributed by atoms with Crippen molar-refractivity contribution >= 4 is 0 Å². The van der Waals surface area contributed by atoms with Crippen molar-refractivity contribution in [2.45, 2.75) is 38.8 Å². The third kappa shape index (κ3) is 2.29. The van der Waals surface area contributed by atoms with Gasteiger partial charge in [0.15, 0.2) is 0 Å². The summed E-state index contributed by atoms with van der Waals surface area (Å²) in [6.45, 7) is 3.22. The number of hydrogen-bond donors (Lipinski definition) is 1. The van der Waals surface area contributed by atoms with Crippen LogP contribution in [0.25, 0.3) is 0 Å². The smallest absolute Gasteiger partial charge is 0.115 e. The van der Waals surface area contributed by atoms with Crippen molar-refractivity contribution in [3.63, 3.8) is 0 Å². The van der Waals surface area contributed by atoms with E-state index in [4.69, 9.17) is 0 Å². The lowest BCUT2D eigenvalue weighted by molar-refractivity contribution is 0.425. The number of rotatable bonds is 3. The Hall–Kier alpha value is -0.960. The molecule has 0 aliphatic heterocycles. The molecule has 1 aromatic rings. The molecule has 0 bridgehead atoms. The van der Waals surface area contributed by atoms with Gasteiger partial charge in [-0.3, -0.25) is 0 Å². The fraction of sp³-hybridized carbons (Fsp3) is 0.636. The van der Waals surface area contributed by atoms with Gasteiger partial charge in [-0.2, -0.15) is 0 Å². The Bertz CT molecular complexity index is 273. The fourth-order valence-electron chi connectivity index (χ4n) is 2.12. The van der Waals surface area contributed by atoms with Gasteiger partial charge in [0.1, 0.15) is 6.33 Å². The number of aromatic nitrogens is 2. The van der Waals surface area contributed by atoms with E-state index in [1.165, 1.54) is 24.8 Å². The maximum absolute atomic E-state index is 4.00. The topological polar surface area (TPSA) is 37.8 Å². The highest BCUT2D eigenvalue weighted by Gasteiger charge is 2.22. The minimum Gasteiger partial charge on any atom is -0.310 e. The molecule has 14 heavy (non-hydrogen) atoms. The Morgan fingerprint density at radius 3 is 2.79 bits per heavy atom. The van der Waals surface area contributed by atoms with Crippen LogP contribution in [0.5, 0.6) is 0 Å². The van der Waals surface area contributed by atoms with E-state index in [0.29, 0.717) is 6.04 Å². The second kappa shape index (κ2) is 4.51. The maximum atomic E-state index is 4.00. The van der Waals surface area contributed by atoms with E-state index in [-0.39, 0.29) is 0 Å². The molecular weight excluding hydrogens is 174 g/mol. The van der Waals surface area contributed by atoms with Crippen molar-refractivity contribution in [1.82, 2.24) is 15.3 Å². The first kappa shape index (κ1) is 9.59. The minimum absolute atomic E-state index is 0.690.